The summed E-state index contributed by atoms with van der Waals surface area (Å²) in [6, 6.07) is 22.3. The maximum absolute atomic E-state index is 14.0. The summed E-state index contributed by atoms with van der Waals surface area (Å²) >= 11 is 11.7. The van der Waals surface area contributed by atoms with E-state index in [1.807, 2.05) is 59.5 Å². The number of carbonyl (C=O) groups excluding carboxylic acids is 1. The van der Waals surface area contributed by atoms with E-state index in [2.05, 4.69) is 15.6 Å². The molecule has 6 nitrogen and oxygen atoms in total. The minimum absolute atomic E-state index is 0.104. The Hall–Kier alpha value is -3.75. The second kappa shape index (κ2) is 10.5. The lowest BCUT2D eigenvalue weighted by molar-refractivity contribution is -0.116. The first-order valence-electron chi connectivity index (χ1n) is 11.4. The molecule has 3 heterocycles. The van der Waals surface area contributed by atoms with E-state index in [0.717, 1.165) is 11.3 Å². The molecule has 0 spiro atoms. The molecule has 0 saturated carbocycles. The van der Waals surface area contributed by atoms with E-state index in [4.69, 9.17) is 28.2 Å². The van der Waals surface area contributed by atoms with Gasteiger partial charge in [-0.05, 0) is 72.9 Å². The van der Waals surface area contributed by atoms with Crippen LogP contribution in [0.2, 0.25) is 5.02 Å². The Morgan fingerprint density at radius 2 is 1.86 bits per heavy atom. The molecule has 1 aliphatic rings. The van der Waals surface area contributed by atoms with Crippen LogP contribution < -0.4 is 10.6 Å². The molecule has 2 aromatic heterocycles. The maximum atomic E-state index is 14.0. The number of carbonyl (C=O) groups is 1. The molecule has 1 aliphatic heterocycles. The van der Waals surface area contributed by atoms with Gasteiger partial charge in [-0.1, -0.05) is 29.8 Å². The number of pyridine rings is 1. The number of para-hydroxylation sites is 1. The van der Waals surface area contributed by atoms with Crippen molar-refractivity contribution in [1.29, 1.82) is 0 Å². The molecular formula is C27H22ClFN4O2S. The SMILES string of the molecule is O=C(CCN1C(=S)N[C@@H](c2ccccn2)[C@H]1c1ccc(-c2ccc(Cl)cc2)o1)Nc1ccccc1F. The van der Waals surface area contributed by atoms with Crippen molar-refractivity contribution in [3.05, 3.63) is 107 Å². The van der Waals surface area contributed by atoms with E-state index < -0.39 is 5.82 Å². The molecule has 0 bridgehead atoms. The first-order chi connectivity index (χ1) is 17.5. The lowest BCUT2D eigenvalue weighted by atomic mass is 10.0. The fourth-order valence-electron chi connectivity index (χ4n) is 4.23. The number of halogens is 2. The lowest BCUT2D eigenvalue weighted by Crippen LogP contribution is -2.32. The third-order valence-corrected chi connectivity index (χ3v) is 6.58. The molecule has 1 saturated heterocycles. The van der Waals surface area contributed by atoms with Crippen LogP contribution in [0.15, 0.2) is 89.5 Å². The summed E-state index contributed by atoms with van der Waals surface area (Å²) in [7, 11) is 0. The summed E-state index contributed by atoms with van der Waals surface area (Å²) in [4.78, 5) is 19.1. The first-order valence-corrected chi connectivity index (χ1v) is 12.2. The fraction of sp³-hybridized carbons (Fsp3) is 0.148. The van der Waals surface area contributed by atoms with Gasteiger partial charge in [-0.3, -0.25) is 9.78 Å². The van der Waals surface area contributed by atoms with Crippen LogP contribution in [0.5, 0.6) is 0 Å². The molecular weight excluding hydrogens is 499 g/mol. The summed E-state index contributed by atoms with van der Waals surface area (Å²) in [6.07, 6.45) is 1.83. The van der Waals surface area contributed by atoms with Gasteiger partial charge in [0.05, 0.1) is 17.4 Å². The molecule has 2 aromatic carbocycles. The molecule has 0 radical (unpaired) electrons. The topological polar surface area (TPSA) is 70.4 Å². The van der Waals surface area contributed by atoms with Gasteiger partial charge in [-0.25, -0.2) is 4.39 Å². The number of benzene rings is 2. The van der Waals surface area contributed by atoms with Crippen molar-refractivity contribution in [2.24, 2.45) is 0 Å². The summed E-state index contributed by atoms with van der Waals surface area (Å²) in [6.45, 7) is 0.303. The minimum Gasteiger partial charge on any atom is -0.459 e. The monoisotopic (exact) mass is 520 g/mol. The Labute approximate surface area is 218 Å². The second-order valence-corrected chi connectivity index (χ2v) is 9.13. The molecule has 0 unspecified atom stereocenters. The molecule has 2 N–H and O–H groups in total. The third kappa shape index (κ3) is 5.10. The van der Waals surface area contributed by atoms with Gasteiger partial charge in [-0.2, -0.15) is 0 Å². The highest BCUT2D eigenvalue weighted by atomic mass is 35.5. The highest BCUT2D eigenvalue weighted by Gasteiger charge is 2.41. The average Bonchev–Trinajstić information content (AvgIpc) is 3.50. The van der Waals surface area contributed by atoms with Gasteiger partial charge in [0.2, 0.25) is 5.91 Å². The molecule has 4 aromatic rings. The predicted octanol–water partition coefficient (Wildman–Crippen LogP) is 6.14. The van der Waals surface area contributed by atoms with Crippen molar-refractivity contribution in [2.75, 3.05) is 11.9 Å². The zero-order valence-electron chi connectivity index (χ0n) is 19.0. The quantitative estimate of drug-likeness (QED) is 0.285. The van der Waals surface area contributed by atoms with Crippen LogP contribution in [0, 0.1) is 5.82 Å². The van der Waals surface area contributed by atoms with E-state index in [0.29, 0.717) is 28.2 Å². The zero-order valence-corrected chi connectivity index (χ0v) is 20.6. The van der Waals surface area contributed by atoms with Crippen molar-refractivity contribution >= 4 is 40.5 Å². The highest BCUT2D eigenvalue weighted by Crippen LogP contribution is 2.40. The average molecular weight is 521 g/mol. The molecule has 1 fully saturated rings. The summed E-state index contributed by atoms with van der Waals surface area (Å²) in [5.41, 5.74) is 1.84. The first kappa shape index (κ1) is 24.0. The second-order valence-electron chi connectivity index (χ2n) is 8.31. The van der Waals surface area contributed by atoms with Gasteiger partial charge in [0, 0.05) is 29.7 Å². The Morgan fingerprint density at radius 1 is 1.08 bits per heavy atom. The maximum Gasteiger partial charge on any atom is 0.226 e. The summed E-state index contributed by atoms with van der Waals surface area (Å²) < 4.78 is 20.2. The minimum atomic E-state index is -0.484. The van der Waals surface area contributed by atoms with Crippen LogP contribution in [0.3, 0.4) is 0 Å². The van der Waals surface area contributed by atoms with E-state index in [9.17, 15) is 9.18 Å². The van der Waals surface area contributed by atoms with E-state index in [1.165, 1.54) is 12.1 Å². The smallest absolute Gasteiger partial charge is 0.226 e. The number of nitrogens with one attached hydrogen (secondary N) is 2. The van der Waals surface area contributed by atoms with Crippen molar-refractivity contribution in [1.82, 2.24) is 15.2 Å². The standard InChI is InChI=1S/C27H22ClFN4O2S/c28-18-10-8-17(9-11-18)22-12-13-23(35-22)26-25(21-7-3-4-15-30-21)32-27(36)33(26)16-14-24(34)31-20-6-2-1-5-19(20)29/h1-13,15,25-26H,14,16H2,(H,31,34)(H,32,36)/t25-,26+/m0/s1. The summed E-state index contributed by atoms with van der Waals surface area (Å²) in [5, 5.41) is 7.09. The van der Waals surface area contributed by atoms with Crippen LogP contribution in [0.1, 0.15) is 30.0 Å². The number of hydrogen-bond donors (Lipinski definition) is 2. The number of furan rings is 1. The van der Waals surface area contributed by atoms with Crippen molar-refractivity contribution in [3.8, 4) is 11.3 Å². The van der Waals surface area contributed by atoms with Crippen LogP contribution in [0.4, 0.5) is 10.1 Å². The Balaban J connectivity index is 1.40. The number of amides is 1. The van der Waals surface area contributed by atoms with Crippen LogP contribution in [0.25, 0.3) is 11.3 Å². The van der Waals surface area contributed by atoms with E-state index in [1.54, 1.807) is 18.3 Å². The number of thiocarbonyl (C=S) groups is 1. The van der Waals surface area contributed by atoms with Crippen molar-refractivity contribution in [2.45, 2.75) is 18.5 Å². The van der Waals surface area contributed by atoms with Crippen molar-refractivity contribution in [3.63, 3.8) is 0 Å². The molecule has 2 atom stereocenters. The molecule has 5 rings (SSSR count). The normalized spacial score (nSPS) is 17.2. The molecule has 9 heteroatoms. The number of aromatic nitrogens is 1. The van der Waals surface area contributed by atoms with Crippen LogP contribution in [-0.4, -0.2) is 27.4 Å². The molecule has 182 valence electrons. The zero-order chi connectivity index (χ0) is 25.1. The van der Waals surface area contributed by atoms with Crippen molar-refractivity contribution < 1.29 is 13.6 Å². The van der Waals surface area contributed by atoms with Gasteiger partial charge >= 0.3 is 0 Å². The summed E-state index contributed by atoms with van der Waals surface area (Å²) in [5.74, 6) is 0.570. The van der Waals surface area contributed by atoms with Gasteiger partial charge in [0.25, 0.3) is 0 Å². The lowest BCUT2D eigenvalue weighted by Gasteiger charge is -2.25. The number of hydrogen-bond acceptors (Lipinski definition) is 4. The fourth-order valence-corrected chi connectivity index (χ4v) is 4.69. The van der Waals surface area contributed by atoms with Gasteiger partial charge in [0.1, 0.15) is 23.4 Å². The van der Waals surface area contributed by atoms with E-state index in [-0.39, 0.29) is 30.1 Å². The molecule has 1 amide bonds. The molecule has 0 aliphatic carbocycles. The van der Waals surface area contributed by atoms with Crippen LogP contribution >= 0.6 is 23.8 Å². The predicted molar refractivity (Wildman–Crippen MR) is 141 cm³/mol. The Morgan fingerprint density at radius 3 is 2.61 bits per heavy atom. The van der Waals surface area contributed by atoms with Gasteiger partial charge in [0.15, 0.2) is 5.11 Å². The molecule has 36 heavy (non-hydrogen) atoms. The number of anilines is 1. The van der Waals surface area contributed by atoms with Crippen LogP contribution in [-0.2, 0) is 4.79 Å². The van der Waals surface area contributed by atoms with Gasteiger partial charge < -0.3 is 20.0 Å². The van der Waals surface area contributed by atoms with Gasteiger partial charge in [-0.15, -0.1) is 0 Å². The number of rotatable bonds is 7. The third-order valence-electron chi connectivity index (χ3n) is 5.97. The number of nitrogens with zero attached hydrogens (tertiary/aromatic N) is 2. The Kier molecular flexibility index (Phi) is 6.97. The highest BCUT2D eigenvalue weighted by molar-refractivity contribution is 7.80. The Bertz CT molecular complexity index is 1380. The largest absolute Gasteiger partial charge is 0.459 e. The van der Waals surface area contributed by atoms with E-state index >= 15 is 0 Å².